The molecule has 0 amide bonds. The third kappa shape index (κ3) is 1.70. The van der Waals surface area contributed by atoms with Crippen molar-refractivity contribution in [3.05, 3.63) is 30.0 Å². The molecule has 1 aromatic heterocycles. The minimum absolute atomic E-state index is 0.879. The average Bonchev–Trinajstić information content (AvgIpc) is 2.56. The van der Waals surface area contributed by atoms with E-state index < -0.39 is 0 Å². The van der Waals surface area contributed by atoms with Gasteiger partial charge in [0.1, 0.15) is 5.75 Å². The van der Waals surface area contributed by atoms with Gasteiger partial charge < -0.3 is 14.6 Å². The summed E-state index contributed by atoms with van der Waals surface area (Å²) in [6.45, 7) is 0.879. The topological polar surface area (TPSA) is 26.2 Å². The van der Waals surface area contributed by atoms with Gasteiger partial charge in [0.05, 0.1) is 7.11 Å². The second kappa shape index (κ2) is 3.95. The predicted octanol–water partition coefficient (Wildman–Crippen LogP) is 1.91. The summed E-state index contributed by atoms with van der Waals surface area (Å²) in [4.78, 5) is 0. The SMILES string of the molecule is CNCc1cn(C)c2ccc(OC)cc12. The first-order chi connectivity index (χ1) is 7.26. The van der Waals surface area contributed by atoms with Crippen LogP contribution in [0.5, 0.6) is 5.75 Å². The average molecular weight is 204 g/mol. The molecule has 0 radical (unpaired) electrons. The molecule has 2 rings (SSSR count). The molecule has 3 nitrogen and oxygen atoms in total. The first-order valence-corrected chi connectivity index (χ1v) is 5.03. The van der Waals surface area contributed by atoms with Gasteiger partial charge in [0.15, 0.2) is 0 Å². The van der Waals surface area contributed by atoms with Crippen LogP contribution in [0.25, 0.3) is 10.9 Å². The Labute approximate surface area is 89.7 Å². The number of rotatable bonds is 3. The quantitative estimate of drug-likeness (QED) is 0.826. The summed E-state index contributed by atoms with van der Waals surface area (Å²) in [7, 11) is 5.72. The number of methoxy groups -OCH3 is 1. The number of benzene rings is 1. The molecule has 1 N–H and O–H groups in total. The van der Waals surface area contributed by atoms with Crippen LogP contribution in [0.1, 0.15) is 5.56 Å². The van der Waals surface area contributed by atoms with Crippen molar-refractivity contribution in [2.45, 2.75) is 6.54 Å². The Morgan fingerprint density at radius 2 is 2.20 bits per heavy atom. The number of aryl methyl sites for hydroxylation is 1. The minimum atomic E-state index is 0.879. The van der Waals surface area contributed by atoms with Crippen molar-refractivity contribution >= 4 is 10.9 Å². The predicted molar refractivity (Wildman–Crippen MR) is 62.2 cm³/mol. The molecule has 0 aliphatic heterocycles. The Kier molecular flexibility index (Phi) is 2.64. The third-order valence-corrected chi connectivity index (χ3v) is 2.65. The molecule has 0 fully saturated rings. The van der Waals surface area contributed by atoms with Gasteiger partial charge >= 0.3 is 0 Å². The number of hydrogen-bond donors (Lipinski definition) is 1. The number of nitrogens with one attached hydrogen (secondary N) is 1. The molecular formula is C12H16N2O. The number of nitrogens with zero attached hydrogens (tertiary/aromatic N) is 1. The highest BCUT2D eigenvalue weighted by molar-refractivity contribution is 5.85. The highest BCUT2D eigenvalue weighted by Gasteiger charge is 2.06. The third-order valence-electron chi connectivity index (χ3n) is 2.65. The minimum Gasteiger partial charge on any atom is -0.497 e. The Bertz CT molecular complexity index is 474. The second-order valence-electron chi connectivity index (χ2n) is 3.68. The van der Waals surface area contributed by atoms with Gasteiger partial charge in [-0.15, -0.1) is 0 Å². The fourth-order valence-electron chi connectivity index (χ4n) is 1.91. The Balaban J connectivity index is 2.60. The molecule has 15 heavy (non-hydrogen) atoms. The molecule has 0 spiro atoms. The Morgan fingerprint density at radius 3 is 2.87 bits per heavy atom. The zero-order valence-electron chi connectivity index (χ0n) is 9.37. The molecule has 0 atom stereocenters. The van der Waals surface area contributed by atoms with Gasteiger partial charge in [-0.05, 0) is 30.8 Å². The van der Waals surface area contributed by atoms with Crippen LogP contribution < -0.4 is 10.1 Å². The highest BCUT2D eigenvalue weighted by atomic mass is 16.5. The normalized spacial score (nSPS) is 10.9. The maximum absolute atomic E-state index is 5.24. The maximum atomic E-state index is 5.24. The van der Waals surface area contributed by atoms with E-state index in [-0.39, 0.29) is 0 Å². The molecule has 0 saturated carbocycles. The molecular weight excluding hydrogens is 188 g/mol. The zero-order chi connectivity index (χ0) is 10.8. The molecule has 2 aromatic rings. The fraction of sp³-hybridized carbons (Fsp3) is 0.333. The first kappa shape index (κ1) is 10.1. The smallest absolute Gasteiger partial charge is 0.119 e. The van der Waals surface area contributed by atoms with E-state index in [1.165, 1.54) is 16.5 Å². The lowest BCUT2D eigenvalue weighted by Crippen LogP contribution is -2.04. The van der Waals surface area contributed by atoms with E-state index in [4.69, 9.17) is 4.74 Å². The molecule has 3 heteroatoms. The maximum Gasteiger partial charge on any atom is 0.119 e. The highest BCUT2D eigenvalue weighted by Crippen LogP contribution is 2.25. The van der Waals surface area contributed by atoms with E-state index in [9.17, 15) is 0 Å². The Hall–Kier alpha value is -1.48. The monoisotopic (exact) mass is 204 g/mol. The van der Waals surface area contributed by atoms with Crippen molar-refractivity contribution in [1.29, 1.82) is 0 Å². The van der Waals surface area contributed by atoms with Crippen molar-refractivity contribution in [1.82, 2.24) is 9.88 Å². The summed E-state index contributed by atoms with van der Waals surface area (Å²) in [6.07, 6.45) is 2.15. The van der Waals surface area contributed by atoms with Gasteiger partial charge in [0.2, 0.25) is 0 Å². The number of hydrogen-bond acceptors (Lipinski definition) is 2. The van der Waals surface area contributed by atoms with Gasteiger partial charge in [0, 0.05) is 30.7 Å². The lowest BCUT2D eigenvalue weighted by Gasteiger charge is -2.01. The van der Waals surface area contributed by atoms with E-state index in [1.807, 2.05) is 13.1 Å². The van der Waals surface area contributed by atoms with E-state index in [0.717, 1.165) is 12.3 Å². The van der Waals surface area contributed by atoms with Crippen molar-refractivity contribution in [3.63, 3.8) is 0 Å². The largest absolute Gasteiger partial charge is 0.497 e. The number of fused-ring (bicyclic) bond motifs is 1. The van der Waals surface area contributed by atoms with Gasteiger partial charge in [-0.2, -0.15) is 0 Å². The van der Waals surface area contributed by atoms with E-state index >= 15 is 0 Å². The van der Waals surface area contributed by atoms with Crippen LogP contribution in [0, 0.1) is 0 Å². The molecule has 0 aliphatic rings. The van der Waals surface area contributed by atoms with Crippen LogP contribution in [0.15, 0.2) is 24.4 Å². The summed E-state index contributed by atoms with van der Waals surface area (Å²) in [5.41, 5.74) is 2.54. The van der Waals surface area contributed by atoms with Crippen LogP contribution in [-0.4, -0.2) is 18.7 Å². The molecule has 0 saturated heterocycles. The van der Waals surface area contributed by atoms with Crippen molar-refractivity contribution in [2.75, 3.05) is 14.2 Å². The molecule has 0 unspecified atom stereocenters. The van der Waals surface area contributed by atoms with E-state index in [1.54, 1.807) is 7.11 Å². The van der Waals surface area contributed by atoms with E-state index in [0.29, 0.717) is 0 Å². The summed E-state index contributed by atoms with van der Waals surface area (Å²) in [5, 5.41) is 4.43. The van der Waals surface area contributed by atoms with Crippen LogP contribution in [0.4, 0.5) is 0 Å². The van der Waals surface area contributed by atoms with Crippen LogP contribution in [0.2, 0.25) is 0 Å². The fourth-order valence-corrected chi connectivity index (χ4v) is 1.91. The van der Waals surface area contributed by atoms with E-state index in [2.05, 4.69) is 35.3 Å². The van der Waals surface area contributed by atoms with Crippen molar-refractivity contribution in [3.8, 4) is 5.75 Å². The zero-order valence-corrected chi connectivity index (χ0v) is 9.37. The van der Waals surface area contributed by atoms with Crippen LogP contribution in [0.3, 0.4) is 0 Å². The number of aromatic nitrogens is 1. The van der Waals surface area contributed by atoms with Gasteiger partial charge in [-0.3, -0.25) is 0 Å². The van der Waals surface area contributed by atoms with Crippen molar-refractivity contribution in [2.24, 2.45) is 7.05 Å². The number of ether oxygens (including phenoxy) is 1. The molecule has 80 valence electrons. The summed E-state index contributed by atoms with van der Waals surface area (Å²) >= 11 is 0. The standard InChI is InChI=1S/C12H16N2O/c1-13-7-9-8-14(2)12-5-4-10(15-3)6-11(9)12/h4-6,8,13H,7H2,1-3H3. The Morgan fingerprint density at radius 1 is 1.40 bits per heavy atom. The second-order valence-corrected chi connectivity index (χ2v) is 3.68. The van der Waals surface area contributed by atoms with Crippen molar-refractivity contribution < 1.29 is 4.74 Å². The lowest BCUT2D eigenvalue weighted by atomic mass is 10.1. The molecule has 1 aromatic carbocycles. The summed E-state index contributed by atoms with van der Waals surface area (Å²) in [5.74, 6) is 0.908. The lowest BCUT2D eigenvalue weighted by molar-refractivity contribution is 0.415. The molecule has 1 heterocycles. The molecule has 0 aliphatic carbocycles. The van der Waals surface area contributed by atoms with Gasteiger partial charge in [0.25, 0.3) is 0 Å². The summed E-state index contributed by atoms with van der Waals surface area (Å²) in [6, 6.07) is 6.17. The van der Waals surface area contributed by atoms with Gasteiger partial charge in [-0.1, -0.05) is 0 Å². The van der Waals surface area contributed by atoms with Crippen LogP contribution in [-0.2, 0) is 13.6 Å². The molecule has 0 bridgehead atoms. The van der Waals surface area contributed by atoms with Gasteiger partial charge in [-0.25, -0.2) is 0 Å². The first-order valence-electron chi connectivity index (χ1n) is 5.03. The summed E-state index contributed by atoms with van der Waals surface area (Å²) < 4.78 is 7.38. The van der Waals surface area contributed by atoms with Crippen LogP contribution >= 0.6 is 0 Å².